The van der Waals surface area contributed by atoms with Crippen LogP contribution in [0, 0.1) is 28.6 Å². The van der Waals surface area contributed by atoms with Gasteiger partial charge in [-0.05, 0) is 53.4 Å². The second-order valence-electron chi connectivity index (χ2n) is 7.87. The van der Waals surface area contributed by atoms with Crippen LogP contribution in [0.25, 0.3) is 0 Å². The average molecular weight is 262 g/mol. The SMILES string of the molecule is C=C1[C@@H]2[C@@H]3[C@H](C[C@H]1OC(C)=O)[C@]2(C)CCCC3(C)C. The molecule has 4 bridgehead atoms. The number of carbonyl (C=O) groups is 1. The van der Waals surface area contributed by atoms with Crippen molar-refractivity contribution in [2.75, 3.05) is 0 Å². The Labute approximate surface area is 116 Å². The maximum absolute atomic E-state index is 11.2. The Bertz CT molecular complexity index is 437. The lowest BCUT2D eigenvalue weighted by Gasteiger charge is -2.68. The Morgan fingerprint density at radius 2 is 2.00 bits per heavy atom. The molecular formula is C17H26O2. The summed E-state index contributed by atoms with van der Waals surface area (Å²) >= 11 is 0. The molecule has 0 aromatic carbocycles. The van der Waals surface area contributed by atoms with Gasteiger partial charge in [-0.3, -0.25) is 4.79 Å². The van der Waals surface area contributed by atoms with Crippen molar-refractivity contribution in [3.05, 3.63) is 12.2 Å². The molecule has 3 saturated carbocycles. The van der Waals surface area contributed by atoms with E-state index in [0.29, 0.717) is 22.7 Å². The lowest BCUT2D eigenvalue weighted by atomic mass is 9.37. The molecule has 0 aromatic heterocycles. The summed E-state index contributed by atoms with van der Waals surface area (Å²) in [6.07, 6.45) is 4.95. The van der Waals surface area contributed by atoms with Crippen LogP contribution in [0.4, 0.5) is 0 Å². The molecule has 0 aliphatic heterocycles. The molecule has 0 amide bonds. The molecule has 19 heavy (non-hydrogen) atoms. The molecule has 0 heterocycles. The summed E-state index contributed by atoms with van der Waals surface area (Å²) in [5, 5.41) is 0. The molecule has 3 fully saturated rings. The largest absolute Gasteiger partial charge is 0.458 e. The van der Waals surface area contributed by atoms with Gasteiger partial charge in [-0.15, -0.1) is 0 Å². The fourth-order valence-electron chi connectivity index (χ4n) is 5.57. The van der Waals surface area contributed by atoms with Gasteiger partial charge in [-0.2, -0.15) is 0 Å². The Balaban J connectivity index is 1.91. The molecule has 2 nitrogen and oxygen atoms in total. The molecule has 0 radical (unpaired) electrons. The van der Waals surface area contributed by atoms with Crippen molar-refractivity contribution in [2.24, 2.45) is 28.6 Å². The topological polar surface area (TPSA) is 26.3 Å². The molecule has 0 N–H and O–H groups in total. The van der Waals surface area contributed by atoms with Gasteiger partial charge in [0.15, 0.2) is 0 Å². The monoisotopic (exact) mass is 262 g/mol. The highest BCUT2D eigenvalue weighted by molar-refractivity contribution is 5.66. The molecule has 3 aliphatic rings. The van der Waals surface area contributed by atoms with Crippen LogP contribution in [0.15, 0.2) is 12.2 Å². The Morgan fingerprint density at radius 1 is 1.32 bits per heavy atom. The molecule has 5 atom stereocenters. The van der Waals surface area contributed by atoms with Gasteiger partial charge in [0.05, 0.1) is 0 Å². The van der Waals surface area contributed by atoms with Crippen molar-refractivity contribution in [3.8, 4) is 0 Å². The van der Waals surface area contributed by atoms with Gasteiger partial charge in [-0.1, -0.05) is 33.8 Å². The first-order valence-electron chi connectivity index (χ1n) is 7.63. The van der Waals surface area contributed by atoms with E-state index in [2.05, 4.69) is 27.4 Å². The lowest BCUT2D eigenvalue weighted by molar-refractivity contribution is -0.188. The molecule has 2 heteroatoms. The lowest BCUT2D eigenvalue weighted by Crippen LogP contribution is -2.64. The van der Waals surface area contributed by atoms with Gasteiger partial charge >= 0.3 is 5.97 Å². The molecule has 0 unspecified atom stereocenters. The van der Waals surface area contributed by atoms with Gasteiger partial charge in [0.25, 0.3) is 0 Å². The molecule has 3 rings (SSSR count). The maximum Gasteiger partial charge on any atom is 0.303 e. The molecule has 0 saturated heterocycles. The Morgan fingerprint density at radius 3 is 2.58 bits per heavy atom. The van der Waals surface area contributed by atoms with E-state index in [1.165, 1.54) is 31.8 Å². The second kappa shape index (κ2) is 3.86. The van der Waals surface area contributed by atoms with Gasteiger partial charge in [0.1, 0.15) is 6.10 Å². The average Bonchev–Trinajstić information content (AvgIpc) is 2.44. The Kier molecular flexibility index (Phi) is 2.69. The third-order valence-corrected chi connectivity index (χ3v) is 6.38. The molecular weight excluding hydrogens is 236 g/mol. The van der Waals surface area contributed by atoms with Crippen LogP contribution in [0.5, 0.6) is 0 Å². The van der Waals surface area contributed by atoms with E-state index >= 15 is 0 Å². The summed E-state index contributed by atoms with van der Waals surface area (Å²) in [5.74, 6) is 1.86. The fraction of sp³-hybridized carbons (Fsp3) is 0.824. The highest BCUT2D eigenvalue weighted by atomic mass is 16.5. The number of esters is 1. The number of fused-ring (bicyclic) bond motifs is 1. The third kappa shape index (κ3) is 1.64. The van der Waals surface area contributed by atoms with Crippen molar-refractivity contribution in [1.29, 1.82) is 0 Å². The van der Waals surface area contributed by atoms with Gasteiger partial charge in [-0.25, -0.2) is 0 Å². The van der Waals surface area contributed by atoms with Crippen LogP contribution in [0.2, 0.25) is 0 Å². The zero-order valence-corrected chi connectivity index (χ0v) is 12.7. The zero-order chi connectivity index (χ0) is 14.0. The van der Waals surface area contributed by atoms with Crippen LogP contribution in [-0.2, 0) is 9.53 Å². The summed E-state index contributed by atoms with van der Waals surface area (Å²) in [5.41, 5.74) is 2.03. The van der Waals surface area contributed by atoms with Gasteiger partial charge in [0.2, 0.25) is 0 Å². The van der Waals surface area contributed by atoms with Crippen molar-refractivity contribution >= 4 is 5.97 Å². The van der Waals surface area contributed by atoms with Gasteiger partial charge < -0.3 is 4.74 Å². The predicted octanol–water partition coefficient (Wildman–Crippen LogP) is 3.96. The Hall–Kier alpha value is -0.790. The van der Waals surface area contributed by atoms with Crippen LogP contribution in [0.3, 0.4) is 0 Å². The number of hydrogen-bond acceptors (Lipinski definition) is 2. The van der Waals surface area contributed by atoms with E-state index in [4.69, 9.17) is 4.74 Å². The predicted molar refractivity (Wildman–Crippen MR) is 75.5 cm³/mol. The summed E-state index contributed by atoms with van der Waals surface area (Å²) < 4.78 is 5.49. The zero-order valence-electron chi connectivity index (χ0n) is 12.7. The van der Waals surface area contributed by atoms with Crippen molar-refractivity contribution in [2.45, 2.75) is 59.5 Å². The molecule has 3 aliphatic carbocycles. The number of ether oxygens (including phenoxy) is 1. The van der Waals surface area contributed by atoms with Crippen LogP contribution in [0.1, 0.15) is 53.4 Å². The third-order valence-electron chi connectivity index (χ3n) is 6.38. The second-order valence-corrected chi connectivity index (χ2v) is 7.87. The fourth-order valence-corrected chi connectivity index (χ4v) is 5.57. The molecule has 0 aromatic rings. The number of carbonyl (C=O) groups excluding carboxylic acids is 1. The first-order valence-corrected chi connectivity index (χ1v) is 7.63. The highest BCUT2D eigenvalue weighted by Gasteiger charge is 2.68. The normalized spacial score (nSPS) is 47.1. The van der Waals surface area contributed by atoms with E-state index in [1.54, 1.807) is 0 Å². The van der Waals surface area contributed by atoms with Crippen molar-refractivity contribution in [3.63, 3.8) is 0 Å². The number of hydrogen-bond donors (Lipinski definition) is 0. The summed E-state index contributed by atoms with van der Waals surface area (Å²) in [7, 11) is 0. The summed E-state index contributed by atoms with van der Waals surface area (Å²) in [6.45, 7) is 13.1. The van der Waals surface area contributed by atoms with Crippen LogP contribution < -0.4 is 0 Å². The van der Waals surface area contributed by atoms with Crippen molar-refractivity contribution in [1.82, 2.24) is 0 Å². The summed E-state index contributed by atoms with van der Waals surface area (Å²) in [4.78, 5) is 11.2. The maximum atomic E-state index is 11.2. The number of rotatable bonds is 1. The van der Waals surface area contributed by atoms with E-state index in [0.717, 1.165) is 12.3 Å². The van der Waals surface area contributed by atoms with Gasteiger partial charge in [0, 0.05) is 6.92 Å². The molecule has 0 spiro atoms. The van der Waals surface area contributed by atoms with Crippen LogP contribution >= 0.6 is 0 Å². The minimum Gasteiger partial charge on any atom is -0.458 e. The minimum absolute atomic E-state index is 0.0225. The highest BCUT2D eigenvalue weighted by Crippen LogP contribution is 2.73. The summed E-state index contributed by atoms with van der Waals surface area (Å²) in [6, 6.07) is 0. The smallest absolute Gasteiger partial charge is 0.303 e. The van der Waals surface area contributed by atoms with E-state index < -0.39 is 0 Å². The standard InChI is InChI=1S/C17H26O2/c1-10-13(19-11(2)18)9-12-15-14(10)17(12,5)8-6-7-16(15,3)4/h12-15H,1,6-9H2,2-5H3/t12-,13+,14+,15-,17-/m0/s1. The van der Waals surface area contributed by atoms with E-state index in [-0.39, 0.29) is 12.1 Å². The van der Waals surface area contributed by atoms with Crippen molar-refractivity contribution < 1.29 is 9.53 Å². The minimum atomic E-state index is -0.167. The van der Waals surface area contributed by atoms with E-state index in [1.807, 2.05) is 0 Å². The van der Waals surface area contributed by atoms with E-state index in [9.17, 15) is 4.79 Å². The van der Waals surface area contributed by atoms with Crippen LogP contribution in [-0.4, -0.2) is 12.1 Å². The first kappa shape index (κ1) is 13.2. The quantitative estimate of drug-likeness (QED) is 0.528. The first-order chi connectivity index (χ1) is 8.77. The molecule has 106 valence electrons.